The molecule has 0 spiro atoms. The highest BCUT2D eigenvalue weighted by atomic mass is 35.5. The second-order valence-corrected chi connectivity index (χ2v) is 6.90. The maximum absolute atomic E-state index is 11.0. The van der Waals surface area contributed by atoms with Gasteiger partial charge in [0.15, 0.2) is 0 Å². The highest BCUT2D eigenvalue weighted by molar-refractivity contribution is 6.31. The van der Waals surface area contributed by atoms with Crippen molar-refractivity contribution in [3.63, 3.8) is 0 Å². The van der Waals surface area contributed by atoms with Crippen LogP contribution in [0.15, 0.2) is 6.20 Å². The standard InChI is InChI=1S/C15H25ClN2O/c1-10(2)12-5-7-15(19,8-6-12)14-13(16)9-17-18(14)11(3)4/h9-12,19H,5-8H2,1-4H3. The van der Waals surface area contributed by atoms with Gasteiger partial charge in [0.2, 0.25) is 0 Å². The molecule has 1 aliphatic carbocycles. The SMILES string of the molecule is CC(C)C1CCC(O)(c2c(Cl)cnn2C(C)C)CC1. The van der Waals surface area contributed by atoms with Gasteiger partial charge in [0.05, 0.1) is 16.9 Å². The van der Waals surface area contributed by atoms with Crippen LogP contribution in [0.5, 0.6) is 0 Å². The summed E-state index contributed by atoms with van der Waals surface area (Å²) >= 11 is 6.27. The lowest BCUT2D eigenvalue weighted by Crippen LogP contribution is -2.35. The molecule has 3 nitrogen and oxygen atoms in total. The van der Waals surface area contributed by atoms with E-state index in [4.69, 9.17) is 11.6 Å². The molecule has 0 aliphatic heterocycles. The van der Waals surface area contributed by atoms with Crippen molar-refractivity contribution >= 4 is 11.6 Å². The summed E-state index contributed by atoms with van der Waals surface area (Å²) < 4.78 is 1.87. The van der Waals surface area contributed by atoms with Gasteiger partial charge in [0.25, 0.3) is 0 Å². The summed E-state index contributed by atoms with van der Waals surface area (Å²) in [5.74, 6) is 1.41. The van der Waals surface area contributed by atoms with Crippen LogP contribution in [0.4, 0.5) is 0 Å². The van der Waals surface area contributed by atoms with Crippen LogP contribution in [-0.2, 0) is 5.60 Å². The fourth-order valence-electron chi connectivity index (χ4n) is 3.19. The Labute approximate surface area is 121 Å². The van der Waals surface area contributed by atoms with Crippen molar-refractivity contribution in [1.82, 2.24) is 9.78 Å². The van der Waals surface area contributed by atoms with Crippen LogP contribution in [-0.4, -0.2) is 14.9 Å². The summed E-state index contributed by atoms with van der Waals surface area (Å²) in [5, 5.41) is 15.9. The molecular formula is C15H25ClN2O. The third-order valence-electron chi connectivity index (χ3n) is 4.48. The van der Waals surface area contributed by atoms with Gasteiger partial charge in [-0.1, -0.05) is 25.4 Å². The van der Waals surface area contributed by atoms with Crippen molar-refractivity contribution in [3.8, 4) is 0 Å². The van der Waals surface area contributed by atoms with Crippen molar-refractivity contribution in [2.75, 3.05) is 0 Å². The van der Waals surface area contributed by atoms with Crippen LogP contribution < -0.4 is 0 Å². The fourth-order valence-corrected chi connectivity index (χ4v) is 3.50. The average molecular weight is 285 g/mol. The molecule has 1 saturated carbocycles. The molecule has 1 heterocycles. The molecule has 19 heavy (non-hydrogen) atoms. The van der Waals surface area contributed by atoms with Gasteiger partial charge in [-0.2, -0.15) is 5.10 Å². The normalized spacial score (nSPS) is 28.3. The highest BCUT2D eigenvalue weighted by Gasteiger charge is 2.40. The van der Waals surface area contributed by atoms with E-state index < -0.39 is 5.60 Å². The molecule has 1 aliphatic rings. The number of halogens is 1. The molecule has 0 saturated heterocycles. The minimum Gasteiger partial charge on any atom is -0.384 e. The van der Waals surface area contributed by atoms with E-state index in [9.17, 15) is 5.11 Å². The first-order valence-electron chi connectivity index (χ1n) is 7.31. The molecule has 1 N–H and O–H groups in total. The van der Waals surface area contributed by atoms with Gasteiger partial charge >= 0.3 is 0 Å². The lowest BCUT2D eigenvalue weighted by molar-refractivity contribution is -0.0278. The average Bonchev–Trinajstić information content (AvgIpc) is 2.72. The van der Waals surface area contributed by atoms with E-state index >= 15 is 0 Å². The minimum absolute atomic E-state index is 0.217. The lowest BCUT2D eigenvalue weighted by atomic mass is 9.73. The summed E-state index contributed by atoms with van der Waals surface area (Å²) in [7, 11) is 0. The minimum atomic E-state index is -0.802. The molecule has 1 aromatic heterocycles. The zero-order chi connectivity index (χ0) is 14.2. The Balaban J connectivity index is 2.25. The smallest absolute Gasteiger partial charge is 0.108 e. The van der Waals surface area contributed by atoms with Crippen LogP contribution in [0.3, 0.4) is 0 Å². The molecule has 0 aromatic carbocycles. The van der Waals surface area contributed by atoms with E-state index in [-0.39, 0.29) is 6.04 Å². The van der Waals surface area contributed by atoms with Crippen molar-refractivity contribution in [2.45, 2.75) is 65.0 Å². The molecule has 0 radical (unpaired) electrons. The Hall–Kier alpha value is -0.540. The predicted molar refractivity (Wildman–Crippen MR) is 78.3 cm³/mol. The Bertz CT molecular complexity index is 431. The number of hydrogen-bond donors (Lipinski definition) is 1. The molecule has 0 amide bonds. The largest absolute Gasteiger partial charge is 0.384 e. The van der Waals surface area contributed by atoms with Crippen molar-refractivity contribution in [2.24, 2.45) is 11.8 Å². The third-order valence-corrected chi connectivity index (χ3v) is 4.76. The molecule has 0 atom stereocenters. The van der Waals surface area contributed by atoms with Crippen LogP contribution in [0.1, 0.15) is 65.1 Å². The van der Waals surface area contributed by atoms with Crippen LogP contribution in [0.2, 0.25) is 5.02 Å². The van der Waals surface area contributed by atoms with Gasteiger partial charge in [-0.15, -0.1) is 0 Å². The topological polar surface area (TPSA) is 38.1 Å². The number of aromatic nitrogens is 2. The van der Waals surface area contributed by atoms with E-state index in [2.05, 4.69) is 32.8 Å². The summed E-state index contributed by atoms with van der Waals surface area (Å²) in [6.45, 7) is 8.66. The van der Waals surface area contributed by atoms with Crippen molar-refractivity contribution < 1.29 is 5.11 Å². The molecule has 1 fully saturated rings. The van der Waals surface area contributed by atoms with Crippen LogP contribution in [0, 0.1) is 11.8 Å². The molecular weight excluding hydrogens is 260 g/mol. The van der Waals surface area contributed by atoms with Gasteiger partial charge in [-0.05, 0) is 51.4 Å². The second-order valence-electron chi connectivity index (χ2n) is 6.49. The van der Waals surface area contributed by atoms with Crippen LogP contribution >= 0.6 is 11.6 Å². The van der Waals surface area contributed by atoms with Gasteiger partial charge in [-0.3, -0.25) is 4.68 Å². The molecule has 1 aromatic rings. The maximum atomic E-state index is 11.0. The van der Waals surface area contributed by atoms with Gasteiger partial charge in [-0.25, -0.2) is 0 Å². The van der Waals surface area contributed by atoms with E-state index in [0.29, 0.717) is 10.9 Å². The van der Waals surface area contributed by atoms with Crippen molar-refractivity contribution in [3.05, 3.63) is 16.9 Å². The predicted octanol–water partition coefficient (Wildman–Crippen LogP) is 4.15. The third kappa shape index (κ3) is 2.82. The number of aliphatic hydroxyl groups is 1. The Morgan fingerprint density at radius 1 is 1.32 bits per heavy atom. The molecule has 4 heteroatoms. The molecule has 108 valence electrons. The van der Waals surface area contributed by atoms with Crippen LogP contribution in [0.25, 0.3) is 0 Å². The quantitative estimate of drug-likeness (QED) is 0.905. The Morgan fingerprint density at radius 2 is 1.89 bits per heavy atom. The molecule has 0 bridgehead atoms. The Kier molecular flexibility index (Phi) is 4.26. The number of nitrogens with zero attached hydrogens (tertiary/aromatic N) is 2. The zero-order valence-corrected chi connectivity index (χ0v) is 13.1. The van der Waals surface area contributed by atoms with E-state index in [1.807, 2.05) is 4.68 Å². The van der Waals surface area contributed by atoms with E-state index in [1.165, 1.54) is 0 Å². The summed E-state index contributed by atoms with van der Waals surface area (Å²) in [6, 6.07) is 0.217. The summed E-state index contributed by atoms with van der Waals surface area (Å²) in [6.07, 6.45) is 5.35. The number of hydrogen-bond acceptors (Lipinski definition) is 2. The monoisotopic (exact) mass is 284 g/mol. The van der Waals surface area contributed by atoms with Crippen molar-refractivity contribution in [1.29, 1.82) is 0 Å². The van der Waals surface area contributed by atoms with E-state index in [0.717, 1.165) is 37.3 Å². The maximum Gasteiger partial charge on any atom is 0.108 e. The van der Waals surface area contributed by atoms with Gasteiger partial charge in [0.1, 0.15) is 5.60 Å². The molecule has 2 rings (SSSR count). The zero-order valence-electron chi connectivity index (χ0n) is 12.4. The lowest BCUT2D eigenvalue weighted by Gasteiger charge is -2.38. The van der Waals surface area contributed by atoms with E-state index in [1.54, 1.807) is 6.20 Å². The first-order valence-corrected chi connectivity index (χ1v) is 7.69. The molecule has 0 unspecified atom stereocenters. The summed E-state index contributed by atoms with van der Waals surface area (Å²) in [4.78, 5) is 0. The fraction of sp³-hybridized carbons (Fsp3) is 0.800. The highest BCUT2D eigenvalue weighted by Crippen LogP contribution is 2.44. The first kappa shape index (κ1) is 14.9. The van der Waals surface area contributed by atoms with Gasteiger partial charge in [0, 0.05) is 6.04 Å². The number of rotatable bonds is 3. The Morgan fingerprint density at radius 3 is 2.37 bits per heavy atom. The van der Waals surface area contributed by atoms with Gasteiger partial charge < -0.3 is 5.11 Å². The summed E-state index contributed by atoms with van der Waals surface area (Å²) in [5.41, 5.74) is 0.00912. The second kappa shape index (κ2) is 5.45. The first-order chi connectivity index (χ1) is 8.85.